The zero-order valence-corrected chi connectivity index (χ0v) is 27.0. The van der Waals surface area contributed by atoms with E-state index in [1.165, 1.54) is 24.3 Å². The molecule has 42 heavy (non-hydrogen) atoms. The summed E-state index contributed by atoms with van der Waals surface area (Å²) >= 11 is 23.7. The minimum absolute atomic E-state index is 0.0184. The minimum atomic E-state index is -4.02. The number of rotatable bonds is 8. The van der Waals surface area contributed by atoms with Crippen molar-refractivity contribution in [2.45, 2.75) is 48.0 Å². The Balaban J connectivity index is 1.68. The molecule has 3 rings (SSSR count). The first-order valence-corrected chi connectivity index (χ1v) is 15.5. The number of halogens is 3. The second-order valence-corrected chi connectivity index (χ2v) is 14.8. The van der Waals surface area contributed by atoms with Crippen molar-refractivity contribution in [2.24, 2.45) is 0 Å². The average molecular weight is 671 g/mol. The molecular formula is C28H30Cl3N5O4S2. The molecule has 0 heterocycles. The number of nitrogens with one attached hydrogen (secondary N) is 5. The van der Waals surface area contributed by atoms with Crippen LogP contribution < -0.4 is 26.2 Å². The number of hydrazine groups is 1. The van der Waals surface area contributed by atoms with Crippen LogP contribution in [0.2, 0.25) is 0 Å². The van der Waals surface area contributed by atoms with Crippen LogP contribution in [-0.2, 0) is 15.4 Å². The lowest BCUT2D eigenvalue weighted by Gasteiger charge is -2.28. The lowest BCUT2D eigenvalue weighted by atomic mass is 9.87. The predicted molar refractivity (Wildman–Crippen MR) is 171 cm³/mol. The van der Waals surface area contributed by atoms with Crippen LogP contribution in [-0.4, -0.2) is 35.3 Å². The molecule has 0 saturated carbocycles. The number of alkyl halides is 3. The van der Waals surface area contributed by atoms with Crippen LogP contribution >= 0.6 is 47.0 Å². The molecule has 0 aliphatic carbocycles. The van der Waals surface area contributed by atoms with Gasteiger partial charge in [0.25, 0.3) is 21.8 Å². The monoisotopic (exact) mass is 669 g/mol. The standard InChI is InChI=1S/C28H30Cl3N5O4S2/c1-17-9-15-20(16-10-17)42(39,40)36-35-24(38)21-7-5-6-8-22(21)32-26(41)34-25(28(29,30)31)33-23(37)18-11-13-19(14-12-18)27(2,3)4/h5-16,25,36H,1-4H3,(H,33,37)(H,35,38)(H2,32,34,41). The molecule has 0 bridgehead atoms. The Bertz CT molecular complexity index is 1550. The predicted octanol–water partition coefficient (Wildman–Crippen LogP) is 5.33. The van der Waals surface area contributed by atoms with Gasteiger partial charge in [-0.05, 0) is 66.5 Å². The highest BCUT2D eigenvalue weighted by Crippen LogP contribution is 2.30. The molecule has 5 N–H and O–H groups in total. The first-order valence-electron chi connectivity index (χ1n) is 12.5. The van der Waals surface area contributed by atoms with E-state index in [4.69, 9.17) is 47.0 Å². The number of carbonyl (C=O) groups is 2. The van der Waals surface area contributed by atoms with Gasteiger partial charge in [-0.1, -0.05) is 97.5 Å². The second-order valence-electron chi connectivity index (χ2n) is 10.3. The summed E-state index contributed by atoms with van der Waals surface area (Å²) in [5.74, 6) is -1.27. The van der Waals surface area contributed by atoms with E-state index in [0.29, 0.717) is 5.56 Å². The number of thiocarbonyl (C=S) groups is 1. The van der Waals surface area contributed by atoms with E-state index >= 15 is 0 Å². The number of anilines is 1. The Labute approximate surface area is 265 Å². The number of carbonyl (C=O) groups excluding carboxylic acids is 2. The van der Waals surface area contributed by atoms with Crippen molar-refractivity contribution in [1.82, 2.24) is 20.9 Å². The van der Waals surface area contributed by atoms with E-state index in [2.05, 4.69) is 47.0 Å². The van der Waals surface area contributed by atoms with Crippen LogP contribution in [0.4, 0.5) is 5.69 Å². The molecule has 9 nitrogen and oxygen atoms in total. The maximum Gasteiger partial charge on any atom is 0.268 e. The summed E-state index contributed by atoms with van der Waals surface area (Å²) in [6.07, 6.45) is -1.26. The van der Waals surface area contributed by atoms with Crippen LogP contribution in [0.1, 0.15) is 52.6 Å². The van der Waals surface area contributed by atoms with Gasteiger partial charge >= 0.3 is 0 Å². The van der Waals surface area contributed by atoms with Crippen LogP contribution in [0.15, 0.2) is 77.7 Å². The largest absolute Gasteiger partial charge is 0.339 e. The first kappa shape index (κ1) is 33.6. The van der Waals surface area contributed by atoms with E-state index in [0.717, 1.165) is 11.1 Å². The fourth-order valence-electron chi connectivity index (χ4n) is 3.57. The lowest BCUT2D eigenvalue weighted by Crippen LogP contribution is -2.56. The van der Waals surface area contributed by atoms with Gasteiger partial charge in [0.2, 0.25) is 3.79 Å². The summed E-state index contributed by atoms with van der Waals surface area (Å²) in [6.45, 7) is 8.00. The molecule has 0 aromatic heterocycles. The Morgan fingerprint density at radius 2 is 1.43 bits per heavy atom. The van der Waals surface area contributed by atoms with Crippen molar-refractivity contribution in [3.8, 4) is 0 Å². The van der Waals surface area contributed by atoms with Crippen molar-refractivity contribution in [3.63, 3.8) is 0 Å². The smallest absolute Gasteiger partial charge is 0.268 e. The molecule has 224 valence electrons. The van der Waals surface area contributed by atoms with Crippen molar-refractivity contribution < 1.29 is 18.0 Å². The SMILES string of the molecule is Cc1ccc(S(=O)(=O)NNC(=O)c2ccccc2NC(=S)NC(NC(=O)c2ccc(C(C)(C)C)cc2)C(Cl)(Cl)Cl)cc1. The van der Waals surface area contributed by atoms with Gasteiger partial charge in [0.1, 0.15) is 6.17 Å². The highest BCUT2D eigenvalue weighted by Gasteiger charge is 2.35. The minimum Gasteiger partial charge on any atom is -0.339 e. The van der Waals surface area contributed by atoms with Gasteiger partial charge in [-0.3, -0.25) is 15.0 Å². The van der Waals surface area contributed by atoms with Gasteiger partial charge in [0.15, 0.2) is 5.11 Å². The summed E-state index contributed by atoms with van der Waals surface area (Å²) in [4.78, 5) is 27.9. The summed E-state index contributed by atoms with van der Waals surface area (Å²) < 4.78 is 23.1. The number of sulfonamides is 1. The van der Waals surface area contributed by atoms with Crippen molar-refractivity contribution in [2.75, 3.05) is 5.32 Å². The van der Waals surface area contributed by atoms with Crippen molar-refractivity contribution in [3.05, 3.63) is 95.1 Å². The molecule has 14 heteroatoms. The van der Waals surface area contributed by atoms with E-state index in [9.17, 15) is 18.0 Å². The van der Waals surface area contributed by atoms with Crippen LogP contribution in [0.25, 0.3) is 0 Å². The molecule has 0 radical (unpaired) electrons. The molecule has 2 amide bonds. The molecule has 0 spiro atoms. The summed E-state index contributed by atoms with van der Waals surface area (Å²) in [6, 6.07) is 19.4. The molecular weight excluding hydrogens is 641 g/mol. The Morgan fingerprint density at radius 3 is 2.00 bits per heavy atom. The van der Waals surface area contributed by atoms with Gasteiger partial charge in [0.05, 0.1) is 16.1 Å². The summed E-state index contributed by atoms with van der Waals surface area (Å²) in [5, 5.41) is 8.09. The molecule has 0 saturated heterocycles. The Morgan fingerprint density at radius 1 is 0.833 bits per heavy atom. The zero-order valence-electron chi connectivity index (χ0n) is 23.1. The quantitative estimate of drug-likeness (QED) is 0.0949. The maximum atomic E-state index is 12.9. The van der Waals surface area contributed by atoms with Gasteiger partial charge < -0.3 is 16.0 Å². The number of benzene rings is 3. The maximum absolute atomic E-state index is 12.9. The van der Waals surface area contributed by atoms with Crippen LogP contribution in [0.5, 0.6) is 0 Å². The average Bonchev–Trinajstić information content (AvgIpc) is 2.91. The van der Waals surface area contributed by atoms with E-state index in [-0.39, 0.29) is 26.7 Å². The molecule has 0 fully saturated rings. The number of hydrogen-bond donors (Lipinski definition) is 5. The zero-order chi connectivity index (χ0) is 31.3. The normalized spacial score (nSPS) is 12.6. The molecule has 1 atom stereocenters. The Kier molecular flexibility index (Phi) is 10.9. The van der Waals surface area contributed by atoms with E-state index in [1.807, 2.05) is 19.1 Å². The van der Waals surface area contributed by atoms with Gasteiger partial charge in [0, 0.05) is 5.56 Å². The van der Waals surface area contributed by atoms with E-state index < -0.39 is 31.8 Å². The van der Waals surface area contributed by atoms with Gasteiger partial charge in [-0.25, -0.2) is 8.42 Å². The van der Waals surface area contributed by atoms with Crippen LogP contribution in [0.3, 0.4) is 0 Å². The fraction of sp³-hybridized carbons (Fsp3) is 0.250. The molecule has 0 aliphatic rings. The summed E-state index contributed by atoms with van der Waals surface area (Å²) in [5.41, 5.74) is 4.65. The number of amides is 2. The third kappa shape index (κ3) is 9.29. The van der Waals surface area contributed by atoms with E-state index in [1.54, 1.807) is 36.4 Å². The van der Waals surface area contributed by atoms with Gasteiger partial charge in [-0.15, -0.1) is 4.83 Å². The highest BCUT2D eigenvalue weighted by molar-refractivity contribution is 7.89. The third-order valence-corrected chi connectivity index (χ3v) is 8.08. The number of para-hydroxylation sites is 1. The molecule has 3 aromatic rings. The third-order valence-electron chi connectivity index (χ3n) is 5.94. The first-order chi connectivity index (χ1) is 19.5. The van der Waals surface area contributed by atoms with Gasteiger partial charge in [-0.2, -0.15) is 0 Å². The highest BCUT2D eigenvalue weighted by atomic mass is 35.6. The van der Waals surface area contributed by atoms with Crippen molar-refractivity contribution >= 4 is 79.7 Å². The molecule has 3 aromatic carbocycles. The Hall–Kier alpha value is -2.93. The summed E-state index contributed by atoms with van der Waals surface area (Å²) in [7, 11) is -4.02. The van der Waals surface area contributed by atoms with Crippen molar-refractivity contribution in [1.29, 1.82) is 0 Å². The number of aryl methyl sites for hydroxylation is 1. The second kappa shape index (κ2) is 13.6. The molecule has 0 aliphatic heterocycles. The lowest BCUT2D eigenvalue weighted by molar-refractivity contribution is 0.0930. The van der Waals surface area contributed by atoms with Crippen LogP contribution in [0, 0.1) is 6.92 Å². The topological polar surface area (TPSA) is 128 Å². The fourth-order valence-corrected chi connectivity index (χ4v) is 4.97. The number of hydrogen-bond acceptors (Lipinski definition) is 5. The molecule has 1 unspecified atom stereocenters.